The summed E-state index contributed by atoms with van der Waals surface area (Å²) in [6, 6.07) is 12.5. The van der Waals surface area contributed by atoms with Crippen LogP contribution < -0.4 is 5.69 Å². The molecule has 0 spiro atoms. The molecule has 3 aromatic heterocycles. The maximum Gasteiger partial charge on any atom is 0.328 e. The normalized spacial score (nSPS) is 19.6. The number of aromatic nitrogens is 7. The van der Waals surface area contributed by atoms with E-state index in [0.717, 1.165) is 53.8 Å². The van der Waals surface area contributed by atoms with Gasteiger partial charge in [0.2, 0.25) is 0 Å². The Bertz CT molecular complexity index is 1340. The molecule has 8 heteroatoms. The second kappa shape index (κ2) is 9.98. The van der Waals surface area contributed by atoms with Crippen LogP contribution in [0.2, 0.25) is 0 Å². The third kappa shape index (κ3) is 4.57. The summed E-state index contributed by atoms with van der Waals surface area (Å²) in [4.78, 5) is 18.2. The number of aromatic amines is 1. The predicted octanol–water partition coefficient (Wildman–Crippen LogP) is 4.89. The molecule has 3 unspecified atom stereocenters. The summed E-state index contributed by atoms with van der Waals surface area (Å²) >= 11 is 0. The predicted molar refractivity (Wildman–Crippen MR) is 136 cm³/mol. The van der Waals surface area contributed by atoms with Crippen molar-refractivity contribution in [2.75, 3.05) is 0 Å². The molecule has 1 aliphatic carbocycles. The lowest BCUT2D eigenvalue weighted by atomic mass is 9.69. The fourth-order valence-electron chi connectivity index (χ4n) is 5.46. The Morgan fingerprint density at radius 3 is 2.69 bits per heavy atom. The van der Waals surface area contributed by atoms with Crippen molar-refractivity contribution >= 4 is 0 Å². The molecular weight excluding hydrogens is 438 g/mol. The second-order valence-electron chi connectivity index (χ2n) is 9.74. The summed E-state index contributed by atoms with van der Waals surface area (Å²) in [6.45, 7) is 7.16. The molecule has 1 aromatic carbocycles. The number of aryl methyl sites for hydroxylation is 1. The van der Waals surface area contributed by atoms with Gasteiger partial charge in [0.1, 0.15) is 0 Å². The molecule has 8 nitrogen and oxygen atoms in total. The van der Waals surface area contributed by atoms with Crippen LogP contribution in [0.4, 0.5) is 0 Å². The monoisotopic (exact) mass is 471 g/mol. The number of tetrazole rings is 1. The minimum Gasteiger partial charge on any atom is -0.295 e. The molecule has 35 heavy (non-hydrogen) atoms. The molecule has 182 valence electrons. The smallest absolute Gasteiger partial charge is 0.295 e. The van der Waals surface area contributed by atoms with Crippen molar-refractivity contribution in [1.82, 2.24) is 34.7 Å². The Morgan fingerprint density at radius 1 is 1.11 bits per heavy atom. The molecule has 5 rings (SSSR count). The minimum atomic E-state index is 0.0955. The molecule has 0 aliphatic heterocycles. The lowest BCUT2D eigenvalue weighted by molar-refractivity contribution is 0.0882. The van der Waals surface area contributed by atoms with Gasteiger partial charge < -0.3 is 0 Å². The van der Waals surface area contributed by atoms with Crippen LogP contribution >= 0.6 is 0 Å². The van der Waals surface area contributed by atoms with E-state index in [0.29, 0.717) is 30.2 Å². The summed E-state index contributed by atoms with van der Waals surface area (Å²) in [6.07, 6.45) is 9.34. The van der Waals surface area contributed by atoms with E-state index in [1.165, 1.54) is 6.42 Å². The quantitative estimate of drug-likeness (QED) is 0.375. The summed E-state index contributed by atoms with van der Waals surface area (Å²) in [5, 5.41) is 14.2. The first-order valence-electron chi connectivity index (χ1n) is 12.7. The van der Waals surface area contributed by atoms with Crippen molar-refractivity contribution in [3.63, 3.8) is 0 Å². The second-order valence-corrected chi connectivity index (χ2v) is 9.74. The van der Waals surface area contributed by atoms with Crippen LogP contribution in [-0.2, 0) is 13.0 Å². The van der Waals surface area contributed by atoms with E-state index >= 15 is 0 Å². The van der Waals surface area contributed by atoms with Gasteiger partial charge in [-0.05, 0) is 70.9 Å². The molecule has 1 aliphatic rings. The number of H-pyrrole nitrogens is 1. The first-order chi connectivity index (χ1) is 17.1. The lowest BCUT2D eigenvalue weighted by Crippen LogP contribution is -2.41. The summed E-state index contributed by atoms with van der Waals surface area (Å²) < 4.78 is 3.96. The highest BCUT2D eigenvalue weighted by molar-refractivity contribution is 5.70. The Labute approximate surface area is 205 Å². The van der Waals surface area contributed by atoms with Gasteiger partial charge in [-0.15, -0.1) is 5.10 Å². The van der Waals surface area contributed by atoms with E-state index in [-0.39, 0.29) is 5.69 Å². The lowest BCUT2D eigenvalue weighted by Gasteiger charge is -2.43. The van der Waals surface area contributed by atoms with E-state index in [1.54, 1.807) is 0 Å². The fraction of sp³-hybridized carbons (Fsp3) is 0.444. The van der Waals surface area contributed by atoms with E-state index in [9.17, 15) is 4.79 Å². The van der Waals surface area contributed by atoms with E-state index in [2.05, 4.69) is 70.8 Å². The first-order valence-corrected chi connectivity index (χ1v) is 12.7. The molecule has 1 fully saturated rings. The molecule has 0 radical (unpaired) electrons. The highest BCUT2D eigenvalue weighted by Gasteiger charge is 2.39. The Kier molecular flexibility index (Phi) is 6.61. The van der Waals surface area contributed by atoms with Gasteiger partial charge in [0.25, 0.3) is 0 Å². The van der Waals surface area contributed by atoms with Gasteiger partial charge in [0.05, 0.1) is 12.2 Å². The van der Waals surface area contributed by atoms with Crippen molar-refractivity contribution in [2.45, 2.75) is 65.5 Å². The first kappa shape index (κ1) is 23.2. The zero-order chi connectivity index (χ0) is 24.4. The molecule has 0 amide bonds. The van der Waals surface area contributed by atoms with Crippen molar-refractivity contribution < 1.29 is 0 Å². The zero-order valence-corrected chi connectivity index (χ0v) is 20.7. The van der Waals surface area contributed by atoms with Crippen molar-refractivity contribution in [3.8, 4) is 22.5 Å². The molecule has 1 N–H and O–H groups in total. The van der Waals surface area contributed by atoms with Gasteiger partial charge >= 0.3 is 5.69 Å². The van der Waals surface area contributed by atoms with Crippen molar-refractivity contribution in [1.29, 1.82) is 0 Å². The Balaban J connectivity index is 1.46. The van der Waals surface area contributed by atoms with Gasteiger partial charge in [-0.25, -0.2) is 9.89 Å². The SMILES string of the molecule is CCCCc1cn(C2C(C)CC2CC)c(=O)n1Cc1cc(-c2cccc(-c3nnn[nH]3)c2)ccn1. The number of nitrogens with one attached hydrogen (secondary N) is 1. The van der Waals surface area contributed by atoms with Crippen LogP contribution in [-0.4, -0.2) is 34.7 Å². The third-order valence-electron chi connectivity index (χ3n) is 7.41. The highest BCUT2D eigenvalue weighted by Crippen LogP contribution is 2.45. The summed E-state index contributed by atoms with van der Waals surface area (Å²) in [7, 11) is 0. The Morgan fingerprint density at radius 2 is 1.94 bits per heavy atom. The summed E-state index contributed by atoms with van der Waals surface area (Å²) in [5.41, 5.74) is 5.09. The van der Waals surface area contributed by atoms with Crippen molar-refractivity contribution in [2.24, 2.45) is 11.8 Å². The van der Waals surface area contributed by atoms with E-state index in [1.807, 2.05) is 33.5 Å². The maximum absolute atomic E-state index is 13.6. The Hall–Kier alpha value is -3.55. The molecule has 3 atom stereocenters. The van der Waals surface area contributed by atoms with Crippen LogP contribution in [0.5, 0.6) is 0 Å². The molecule has 1 saturated carbocycles. The van der Waals surface area contributed by atoms with Crippen molar-refractivity contribution in [3.05, 3.63) is 70.7 Å². The average molecular weight is 472 g/mol. The standard InChI is InChI=1S/C27H33N7O/c1-4-6-10-24-17-34(25-18(3)13-19(25)5-2)27(35)33(24)16-23-15-21(11-12-28-23)20-8-7-9-22(14-20)26-29-31-32-30-26/h7-9,11-12,14-15,17-19,25H,4-6,10,13,16H2,1-3H3,(H,29,30,31,32). The number of rotatable bonds is 9. The number of hydrogen-bond donors (Lipinski definition) is 1. The number of nitrogens with zero attached hydrogens (tertiary/aromatic N) is 6. The highest BCUT2D eigenvalue weighted by atomic mass is 16.1. The van der Waals surface area contributed by atoms with Gasteiger partial charge in [-0.2, -0.15) is 0 Å². The number of imidazole rings is 1. The van der Waals surface area contributed by atoms with Gasteiger partial charge in [0.15, 0.2) is 5.82 Å². The summed E-state index contributed by atoms with van der Waals surface area (Å²) in [5.74, 6) is 1.76. The molecule has 3 heterocycles. The topological polar surface area (TPSA) is 94.3 Å². The van der Waals surface area contributed by atoms with Crippen LogP contribution in [0, 0.1) is 11.8 Å². The van der Waals surface area contributed by atoms with Crippen LogP contribution in [0.1, 0.15) is 63.9 Å². The van der Waals surface area contributed by atoms with Crippen LogP contribution in [0.25, 0.3) is 22.5 Å². The largest absolute Gasteiger partial charge is 0.328 e. The van der Waals surface area contributed by atoms with Gasteiger partial charge in [0, 0.05) is 29.7 Å². The van der Waals surface area contributed by atoms with E-state index < -0.39 is 0 Å². The number of pyridine rings is 1. The van der Waals surface area contributed by atoms with Crippen LogP contribution in [0.15, 0.2) is 53.6 Å². The number of benzene rings is 1. The average Bonchev–Trinajstić information content (AvgIpc) is 3.51. The van der Waals surface area contributed by atoms with Gasteiger partial charge in [-0.1, -0.05) is 51.8 Å². The zero-order valence-electron chi connectivity index (χ0n) is 20.7. The van der Waals surface area contributed by atoms with Gasteiger partial charge in [-0.3, -0.25) is 14.1 Å². The van der Waals surface area contributed by atoms with E-state index in [4.69, 9.17) is 0 Å². The molecule has 4 aromatic rings. The molecular formula is C27H33N7O. The van der Waals surface area contributed by atoms with Crippen LogP contribution in [0.3, 0.4) is 0 Å². The fourth-order valence-corrected chi connectivity index (χ4v) is 5.46. The molecule has 0 bridgehead atoms. The maximum atomic E-state index is 13.6. The molecule has 0 saturated heterocycles. The number of hydrogen-bond acceptors (Lipinski definition) is 5. The number of unbranched alkanes of at least 4 members (excludes halogenated alkanes) is 1. The minimum absolute atomic E-state index is 0.0955. The third-order valence-corrected chi connectivity index (χ3v) is 7.41.